The first-order valence-electron chi connectivity index (χ1n) is 11.7. The molecule has 1 aromatic carbocycles. The van der Waals surface area contributed by atoms with E-state index in [4.69, 9.17) is 34.6 Å². The van der Waals surface area contributed by atoms with Crippen LogP contribution in [0.5, 0.6) is 11.6 Å². The van der Waals surface area contributed by atoms with E-state index in [-0.39, 0.29) is 55.2 Å². The highest BCUT2D eigenvalue weighted by Crippen LogP contribution is 2.57. The monoisotopic (exact) mass is 534 g/mol. The lowest BCUT2D eigenvalue weighted by atomic mass is 9.76. The van der Waals surface area contributed by atoms with E-state index in [9.17, 15) is 26.7 Å². The number of rotatable bonds is 6. The summed E-state index contributed by atoms with van der Waals surface area (Å²) in [4.78, 5) is 18.8. The predicted molar refractivity (Wildman–Crippen MR) is 123 cm³/mol. The molecule has 1 unspecified atom stereocenters. The maximum atomic E-state index is 14.0. The average Bonchev–Trinajstić information content (AvgIpc) is 3.58. The largest absolute Gasteiger partial charge is 0.487 e. The molecule has 2 aliphatic heterocycles. The Morgan fingerprint density at radius 2 is 1.84 bits per heavy atom. The number of carbonyl (C=O) groups excluding carboxylic acids is 1. The molecule has 4 radical (unpaired) electrons. The van der Waals surface area contributed by atoms with Crippen LogP contribution in [0, 0.1) is 17.0 Å². The highest BCUT2D eigenvalue weighted by molar-refractivity contribution is 6.38. The number of hydrogen-bond donors (Lipinski definition) is 0. The third-order valence-electron chi connectivity index (χ3n) is 7.16. The number of halogens is 5. The zero-order valence-electron chi connectivity index (χ0n) is 20.2. The first-order chi connectivity index (χ1) is 17.8. The molecule has 38 heavy (non-hydrogen) atoms. The van der Waals surface area contributed by atoms with Gasteiger partial charge in [-0.3, -0.25) is 4.79 Å². The summed E-state index contributed by atoms with van der Waals surface area (Å²) in [5.41, 5.74) is -5.31. The Hall–Kier alpha value is -2.86. The van der Waals surface area contributed by atoms with Gasteiger partial charge in [-0.15, -0.1) is 0 Å². The summed E-state index contributed by atoms with van der Waals surface area (Å²) in [7, 11) is 12.9. The SMILES string of the molecule is [B]C1([B])OC2CN(C(=O)c3ccc(OCC4(C(F)(F)F)CC4)c(OC)n3)CC[C@]2(c2cc(F)cc(F)c2)O1. The number of methoxy groups -OCH3 is 1. The second-order valence-electron chi connectivity index (χ2n) is 9.75. The fourth-order valence-corrected chi connectivity index (χ4v) is 4.89. The van der Waals surface area contributed by atoms with Crippen molar-refractivity contribution in [3.05, 3.63) is 53.2 Å². The lowest BCUT2D eigenvalue weighted by molar-refractivity contribution is -0.194. The van der Waals surface area contributed by atoms with E-state index in [2.05, 4.69) is 4.98 Å². The molecule has 3 heterocycles. The van der Waals surface area contributed by atoms with Gasteiger partial charge in [0.05, 0.1) is 19.2 Å². The average molecular weight is 534 g/mol. The highest BCUT2D eigenvalue weighted by Gasteiger charge is 2.64. The Kier molecular flexibility index (Phi) is 6.41. The number of aromatic nitrogens is 1. The molecule has 2 saturated heterocycles. The summed E-state index contributed by atoms with van der Waals surface area (Å²) in [5.74, 6) is -2.41. The molecule has 3 aliphatic rings. The van der Waals surface area contributed by atoms with Gasteiger partial charge in [0.25, 0.3) is 11.8 Å². The van der Waals surface area contributed by atoms with Crippen molar-refractivity contribution in [3.63, 3.8) is 0 Å². The maximum Gasteiger partial charge on any atom is 0.397 e. The lowest BCUT2D eigenvalue weighted by Gasteiger charge is -2.42. The van der Waals surface area contributed by atoms with E-state index in [0.717, 1.165) is 12.1 Å². The third-order valence-corrected chi connectivity index (χ3v) is 7.16. The molecular formula is C24H21B2F5N2O5. The number of alkyl halides is 3. The highest BCUT2D eigenvalue weighted by atomic mass is 19.4. The molecule has 2 aromatic rings. The Balaban J connectivity index is 1.34. The molecule has 1 saturated carbocycles. The Bertz CT molecular complexity index is 1240. The van der Waals surface area contributed by atoms with Crippen molar-refractivity contribution < 1.29 is 45.7 Å². The van der Waals surface area contributed by atoms with Crippen molar-refractivity contribution >= 4 is 21.6 Å². The molecule has 1 aliphatic carbocycles. The number of fused-ring (bicyclic) bond motifs is 1. The van der Waals surface area contributed by atoms with Crippen LogP contribution in [0.25, 0.3) is 0 Å². The normalized spacial score (nSPS) is 25.5. The molecule has 3 fully saturated rings. The number of ether oxygens (including phenoxy) is 4. The quantitative estimate of drug-likeness (QED) is 0.419. The van der Waals surface area contributed by atoms with Crippen LogP contribution in [0.1, 0.15) is 35.3 Å². The summed E-state index contributed by atoms with van der Waals surface area (Å²) in [5, 5.41) is 0. The van der Waals surface area contributed by atoms with Gasteiger partial charge in [0.1, 0.15) is 56.7 Å². The minimum absolute atomic E-state index is 0.0264. The van der Waals surface area contributed by atoms with Gasteiger partial charge in [-0.1, -0.05) is 0 Å². The van der Waals surface area contributed by atoms with Gasteiger partial charge in [0, 0.05) is 19.0 Å². The molecule has 1 aromatic heterocycles. The smallest absolute Gasteiger partial charge is 0.397 e. The summed E-state index contributed by atoms with van der Waals surface area (Å²) >= 11 is 0. The number of likely N-dealkylation sites (tertiary alicyclic amines) is 1. The fourth-order valence-electron chi connectivity index (χ4n) is 4.89. The lowest BCUT2D eigenvalue weighted by Crippen LogP contribution is -2.53. The van der Waals surface area contributed by atoms with Crippen LogP contribution in [0.2, 0.25) is 0 Å². The van der Waals surface area contributed by atoms with Gasteiger partial charge >= 0.3 is 6.18 Å². The number of carbonyl (C=O) groups is 1. The topological polar surface area (TPSA) is 70.1 Å². The summed E-state index contributed by atoms with van der Waals surface area (Å²) in [6, 6.07) is 5.51. The molecule has 14 heteroatoms. The molecule has 1 amide bonds. The Labute approximate surface area is 217 Å². The number of pyridine rings is 1. The van der Waals surface area contributed by atoms with Crippen molar-refractivity contribution in [2.24, 2.45) is 5.41 Å². The minimum atomic E-state index is -4.39. The molecule has 0 bridgehead atoms. The number of hydrogen-bond acceptors (Lipinski definition) is 6. The van der Waals surface area contributed by atoms with E-state index in [1.807, 2.05) is 0 Å². The molecule has 0 spiro atoms. The van der Waals surface area contributed by atoms with Crippen molar-refractivity contribution in [3.8, 4) is 11.6 Å². The standard InChI is InChI=1S/C24H21B2F5N2O5/c1-35-19-17(36-12-21(4-5-21)23(29,30)31)3-2-16(32-19)20(34)33-7-6-22(13-8-14(27)10-15(28)9-13)18(11-33)37-24(25,26)38-22/h2-3,8-10,18H,4-7,11-12H2,1H3/t18?,22-/m1/s1. The van der Waals surface area contributed by atoms with E-state index in [1.54, 1.807) is 0 Å². The van der Waals surface area contributed by atoms with Crippen LogP contribution in [0.4, 0.5) is 22.0 Å². The Morgan fingerprint density at radius 3 is 2.45 bits per heavy atom. The number of benzene rings is 1. The molecular weight excluding hydrogens is 513 g/mol. The van der Waals surface area contributed by atoms with Crippen molar-refractivity contribution in [1.82, 2.24) is 9.88 Å². The second-order valence-corrected chi connectivity index (χ2v) is 9.75. The van der Waals surface area contributed by atoms with Crippen molar-refractivity contribution in [2.75, 3.05) is 26.8 Å². The molecule has 198 valence electrons. The summed E-state index contributed by atoms with van der Waals surface area (Å²) in [6.07, 6.45) is -5.37. The van der Waals surface area contributed by atoms with Crippen molar-refractivity contribution in [2.45, 2.75) is 42.7 Å². The van der Waals surface area contributed by atoms with Gasteiger partial charge in [0.2, 0.25) is 0 Å². The van der Waals surface area contributed by atoms with Crippen LogP contribution >= 0.6 is 0 Å². The zero-order valence-corrected chi connectivity index (χ0v) is 20.2. The summed E-state index contributed by atoms with van der Waals surface area (Å²) < 4.78 is 89.5. The van der Waals surface area contributed by atoms with E-state index in [0.29, 0.717) is 6.07 Å². The zero-order chi connectivity index (χ0) is 27.5. The molecule has 0 N–H and O–H groups in total. The number of nitrogens with zero attached hydrogens (tertiary/aromatic N) is 2. The maximum absolute atomic E-state index is 14.0. The first-order valence-corrected chi connectivity index (χ1v) is 11.7. The van der Waals surface area contributed by atoms with Crippen LogP contribution in [0.15, 0.2) is 30.3 Å². The van der Waals surface area contributed by atoms with E-state index < -0.39 is 53.0 Å². The van der Waals surface area contributed by atoms with Gasteiger partial charge < -0.3 is 23.8 Å². The fraction of sp³-hybridized carbons (Fsp3) is 0.500. The number of amides is 1. The minimum Gasteiger partial charge on any atom is -0.487 e. The van der Waals surface area contributed by atoms with Crippen LogP contribution < -0.4 is 9.47 Å². The summed E-state index contributed by atoms with van der Waals surface area (Å²) in [6.45, 7) is -0.637. The molecule has 7 nitrogen and oxygen atoms in total. The third kappa shape index (κ3) is 4.72. The van der Waals surface area contributed by atoms with E-state index >= 15 is 0 Å². The van der Waals surface area contributed by atoms with Crippen LogP contribution in [-0.2, 0) is 15.1 Å². The first kappa shape index (κ1) is 26.7. The second kappa shape index (κ2) is 9.11. The van der Waals surface area contributed by atoms with Gasteiger partial charge in [0.15, 0.2) is 5.75 Å². The van der Waals surface area contributed by atoms with Gasteiger partial charge in [-0.05, 0) is 42.7 Å². The van der Waals surface area contributed by atoms with Gasteiger partial charge in [-0.2, -0.15) is 13.2 Å². The predicted octanol–water partition coefficient (Wildman–Crippen LogP) is 3.19. The van der Waals surface area contributed by atoms with E-state index in [1.165, 1.54) is 24.1 Å². The van der Waals surface area contributed by atoms with Crippen LogP contribution in [0.3, 0.4) is 0 Å². The van der Waals surface area contributed by atoms with Gasteiger partial charge in [-0.25, -0.2) is 13.8 Å². The van der Waals surface area contributed by atoms with Crippen molar-refractivity contribution in [1.29, 1.82) is 0 Å². The number of piperidine rings is 1. The Morgan fingerprint density at radius 1 is 1.16 bits per heavy atom. The molecule has 5 rings (SSSR count). The van der Waals surface area contributed by atoms with Crippen LogP contribution in [-0.4, -0.2) is 76.2 Å². The molecule has 2 atom stereocenters.